The smallest absolute Gasteiger partial charge is 0.234 e. The lowest BCUT2D eigenvalue weighted by Gasteiger charge is -2.07. The van der Waals surface area contributed by atoms with E-state index in [2.05, 4.69) is 74.5 Å². The van der Waals surface area contributed by atoms with Crippen LogP contribution in [0.5, 0.6) is 0 Å². The predicted molar refractivity (Wildman–Crippen MR) is 115 cm³/mol. The maximum Gasteiger partial charge on any atom is 0.234 e. The third-order valence-electron chi connectivity index (χ3n) is 4.81. The summed E-state index contributed by atoms with van der Waals surface area (Å²) in [6.07, 6.45) is 3.58. The van der Waals surface area contributed by atoms with Crippen LogP contribution in [0.1, 0.15) is 0 Å². The molecular weight excluding hydrogens is 370 g/mol. The molecule has 0 aliphatic carbocycles. The summed E-state index contributed by atoms with van der Waals surface area (Å²) in [5.41, 5.74) is 2.25. The third-order valence-corrected chi connectivity index (χ3v) is 6.81. The first-order chi connectivity index (χ1) is 13.4. The molecule has 0 aliphatic heterocycles. The zero-order chi connectivity index (χ0) is 17.8. The summed E-state index contributed by atoms with van der Waals surface area (Å²) < 4.78 is 4.79. The summed E-state index contributed by atoms with van der Waals surface area (Å²) in [7, 11) is 0. The van der Waals surface area contributed by atoms with E-state index in [4.69, 9.17) is 0 Å². The number of thiophene rings is 2. The number of nitrogens with zero attached hydrogens (tertiary/aromatic N) is 3. The van der Waals surface area contributed by atoms with Gasteiger partial charge < -0.3 is 0 Å². The maximum absolute atomic E-state index is 4.51. The molecule has 0 amide bonds. The number of benzene rings is 2. The Morgan fingerprint density at radius 1 is 0.741 bits per heavy atom. The van der Waals surface area contributed by atoms with Crippen LogP contribution in [0.3, 0.4) is 0 Å². The standard InChI is InChI=1S/C22H13N3S2/c1-2-5-17-14(4-1)10-18(25(17)22-23-7-3-8-24-22)21-13-16-12-19-15(6-9-26-19)11-20(16)27-21/h1-13H. The average molecular weight is 384 g/mol. The van der Waals surface area contributed by atoms with E-state index in [1.54, 1.807) is 23.7 Å². The second-order valence-electron chi connectivity index (χ2n) is 6.43. The average Bonchev–Trinajstić information content (AvgIpc) is 3.42. The van der Waals surface area contributed by atoms with Crippen LogP contribution in [-0.2, 0) is 0 Å². The molecule has 0 unspecified atom stereocenters. The largest absolute Gasteiger partial charge is 0.277 e. The van der Waals surface area contributed by atoms with Crippen LogP contribution in [-0.4, -0.2) is 14.5 Å². The molecule has 0 radical (unpaired) electrons. The third kappa shape index (κ3) is 2.32. The molecule has 0 fully saturated rings. The fraction of sp³-hybridized carbons (Fsp3) is 0. The monoisotopic (exact) mass is 383 g/mol. The Morgan fingerprint density at radius 3 is 2.52 bits per heavy atom. The number of para-hydroxylation sites is 1. The van der Waals surface area contributed by atoms with Crippen molar-refractivity contribution in [3.05, 3.63) is 78.4 Å². The van der Waals surface area contributed by atoms with Crippen molar-refractivity contribution in [2.24, 2.45) is 0 Å². The van der Waals surface area contributed by atoms with Gasteiger partial charge in [0.05, 0.1) is 16.1 Å². The lowest BCUT2D eigenvalue weighted by Crippen LogP contribution is -2.01. The van der Waals surface area contributed by atoms with E-state index in [9.17, 15) is 0 Å². The lowest BCUT2D eigenvalue weighted by atomic mass is 10.2. The minimum atomic E-state index is 0.701. The summed E-state index contributed by atoms with van der Waals surface area (Å²) in [4.78, 5) is 10.2. The fourth-order valence-corrected chi connectivity index (χ4v) is 5.50. The molecule has 0 N–H and O–H groups in total. The van der Waals surface area contributed by atoms with E-state index in [-0.39, 0.29) is 0 Å². The van der Waals surface area contributed by atoms with Crippen LogP contribution in [0.15, 0.2) is 78.4 Å². The SMILES string of the molecule is c1cnc(-n2c(-c3cc4cc5sccc5cc4s3)cc3ccccc32)nc1. The second kappa shape index (κ2) is 5.74. The van der Waals surface area contributed by atoms with E-state index in [1.165, 1.54) is 30.4 Å². The van der Waals surface area contributed by atoms with Crippen LogP contribution in [0.2, 0.25) is 0 Å². The first kappa shape index (κ1) is 15.1. The van der Waals surface area contributed by atoms with Crippen molar-refractivity contribution in [2.75, 3.05) is 0 Å². The quantitative estimate of drug-likeness (QED) is 0.341. The minimum Gasteiger partial charge on any atom is -0.277 e. The van der Waals surface area contributed by atoms with Crippen LogP contribution < -0.4 is 0 Å². The molecule has 2 aromatic carbocycles. The highest BCUT2D eigenvalue weighted by Crippen LogP contribution is 2.39. The molecule has 0 saturated heterocycles. The Balaban J connectivity index is 1.66. The number of aromatic nitrogens is 3. The number of hydrogen-bond donors (Lipinski definition) is 0. The van der Waals surface area contributed by atoms with Crippen molar-refractivity contribution in [3.8, 4) is 16.5 Å². The summed E-state index contributed by atoms with van der Waals surface area (Å²) in [6, 6.07) is 21.5. The van der Waals surface area contributed by atoms with Crippen molar-refractivity contribution in [2.45, 2.75) is 0 Å². The molecule has 0 saturated carbocycles. The lowest BCUT2D eigenvalue weighted by molar-refractivity contribution is 0.969. The van der Waals surface area contributed by atoms with Crippen LogP contribution >= 0.6 is 22.7 Å². The normalized spacial score (nSPS) is 11.7. The van der Waals surface area contributed by atoms with Gasteiger partial charge in [0.2, 0.25) is 5.95 Å². The van der Waals surface area contributed by atoms with Gasteiger partial charge in [-0.05, 0) is 58.6 Å². The van der Waals surface area contributed by atoms with Crippen molar-refractivity contribution in [1.29, 1.82) is 0 Å². The predicted octanol–water partition coefficient (Wildman–Crippen LogP) is 6.52. The van der Waals surface area contributed by atoms with Gasteiger partial charge in [0.15, 0.2) is 0 Å². The van der Waals surface area contributed by atoms with Crippen LogP contribution in [0.25, 0.3) is 47.6 Å². The van der Waals surface area contributed by atoms with Crippen LogP contribution in [0.4, 0.5) is 0 Å². The number of rotatable bonds is 2. The van der Waals surface area contributed by atoms with Gasteiger partial charge in [-0.25, -0.2) is 9.97 Å². The number of fused-ring (bicyclic) bond motifs is 3. The first-order valence-electron chi connectivity index (χ1n) is 8.66. The van der Waals surface area contributed by atoms with Gasteiger partial charge in [0.1, 0.15) is 0 Å². The van der Waals surface area contributed by atoms with E-state index in [1.807, 2.05) is 17.4 Å². The van der Waals surface area contributed by atoms with Crippen LogP contribution in [0, 0.1) is 0 Å². The first-order valence-corrected chi connectivity index (χ1v) is 10.4. The van der Waals surface area contributed by atoms with E-state index in [0.717, 1.165) is 11.2 Å². The number of hydrogen-bond acceptors (Lipinski definition) is 4. The molecule has 0 spiro atoms. The Hall–Kier alpha value is -3.02. The molecule has 6 aromatic rings. The van der Waals surface area contributed by atoms with E-state index in [0.29, 0.717) is 5.95 Å². The van der Waals surface area contributed by atoms with Gasteiger partial charge in [-0.2, -0.15) is 0 Å². The molecular formula is C22H13N3S2. The molecule has 4 aromatic heterocycles. The minimum absolute atomic E-state index is 0.701. The zero-order valence-electron chi connectivity index (χ0n) is 14.2. The topological polar surface area (TPSA) is 30.7 Å². The zero-order valence-corrected chi connectivity index (χ0v) is 15.8. The van der Waals surface area contributed by atoms with Gasteiger partial charge in [-0.15, -0.1) is 22.7 Å². The highest BCUT2D eigenvalue weighted by molar-refractivity contribution is 7.22. The molecule has 5 heteroatoms. The van der Waals surface area contributed by atoms with Gasteiger partial charge >= 0.3 is 0 Å². The fourth-order valence-electron chi connectivity index (χ4n) is 3.58. The molecule has 4 heterocycles. The second-order valence-corrected chi connectivity index (χ2v) is 8.46. The molecule has 0 bridgehead atoms. The molecule has 128 valence electrons. The van der Waals surface area contributed by atoms with Crippen molar-refractivity contribution in [1.82, 2.24) is 14.5 Å². The summed E-state index contributed by atoms with van der Waals surface area (Å²) in [5, 5.41) is 5.95. The van der Waals surface area contributed by atoms with Crippen molar-refractivity contribution >= 4 is 53.7 Å². The highest BCUT2D eigenvalue weighted by atomic mass is 32.1. The summed E-state index contributed by atoms with van der Waals surface area (Å²) >= 11 is 3.61. The van der Waals surface area contributed by atoms with Crippen molar-refractivity contribution < 1.29 is 0 Å². The van der Waals surface area contributed by atoms with E-state index >= 15 is 0 Å². The molecule has 0 aliphatic rings. The maximum atomic E-state index is 4.51. The Morgan fingerprint density at radius 2 is 1.59 bits per heavy atom. The van der Waals surface area contributed by atoms with Gasteiger partial charge in [-0.1, -0.05) is 18.2 Å². The summed E-state index contributed by atoms with van der Waals surface area (Å²) in [6.45, 7) is 0. The Bertz CT molecular complexity index is 1380. The Kier molecular flexibility index (Phi) is 3.21. The van der Waals surface area contributed by atoms with Gasteiger partial charge in [0, 0.05) is 27.2 Å². The highest BCUT2D eigenvalue weighted by Gasteiger charge is 2.16. The van der Waals surface area contributed by atoms with Gasteiger partial charge in [0.25, 0.3) is 0 Å². The van der Waals surface area contributed by atoms with Crippen molar-refractivity contribution in [3.63, 3.8) is 0 Å². The molecule has 3 nitrogen and oxygen atoms in total. The molecule has 6 rings (SSSR count). The van der Waals surface area contributed by atoms with Gasteiger partial charge in [-0.3, -0.25) is 4.57 Å². The Labute approximate surface area is 163 Å². The molecule has 0 atom stereocenters. The summed E-state index contributed by atoms with van der Waals surface area (Å²) in [5.74, 6) is 0.701. The van der Waals surface area contributed by atoms with E-state index < -0.39 is 0 Å². The molecule has 27 heavy (non-hydrogen) atoms.